The van der Waals surface area contributed by atoms with E-state index in [-0.39, 0.29) is 18.1 Å². The van der Waals surface area contributed by atoms with Crippen molar-refractivity contribution in [2.45, 2.75) is 51.6 Å². The van der Waals surface area contributed by atoms with Crippen molar-refractivity contribution in [1.82, 2.24) is 0 Å². The van der Waals surface area contributed by atoms with Crippen LogP contribution in [0.1, 0.15) is 27.2 Å². The van der Waals surface area contributed by atoms with Gasteiger partial charge in [0.15, 0.2) is 0 Å². The zero-order valence-electron chi connectivity index (χ0n) is 7.90. The molecule has 0 amide bonds. The van der Waals surface area contributed by atoms with Gasteiger partial charge in [0, 0.05) is 5.92 Å². The van der Waals surface area contributed by atoms with Crippen LogP contribution in [0.15, 0.2) is 0 Å². The molecule has 1 aliphatic heterocycles. The van der Waals surface area contributed by atoms with Gasteiger partial charge in [-0.05, 0) is 13.3 Å². The molecule has 0 bridgehead atoms. The minimum atomic E-state index is -0.721. The highest BCUT2D eigenvalue weighted by atomic mass is 16.5. The van der Waals surface area contributed by atoms with Gasteiger partial charge in [-0.25, -0.2) is 0 Å². The predicted octanol–water partition coefficient (Wildman–Crippen LogP) is 0.542. The first-order valence-electron chi connectivity index (χ1n) is 4.59. The molecule has 1 saturated heterocycles. The van der Waals surface area contributed by atoms with Crippen LogP contribution in [0.3, 0.4) is 0 Å². The summed E-state index contributed by atoms with van der Waals surface area (Å²) < 4.78 is 5.52. The Morgan fingerprint density at radius 3 is 2.25 bits per heavy atom. The third-order valence-electron chi connectivity index (χ3n) is 2.80. The van der Waals surface area contributed by atoms with Crippen LogP contribution in [0.4, 0.5) is 0 Å². The second-order valence-corrected chi connectivity index (χ2v) is 3.63. The van der Waals surface area contributed by atoms with E-state index in [1.807, 2.05) is 20.8 Å². The minimum absolute atomic E-state index is 0.0165. The first kappa shape index (κ1) is 9.96. The van der Waals surface area contributed by atoms with Crippen molar-refractivity contribution >= 4 is 0 Å². The quantitative estimate of drug-likeness (QED) is 0.610. The molecular weight excluding hydrogens is 156 g/mol. The fraction of sp³-hybridized carbons (Fsp3) is 1.00. The maximum absolute atomic E-state index is 9.59. The van der Waals surface area contributed by atoms with Crippen LogP contribution in [-0.2, 0) is 4.74 Å². The summed E-state index contributed by atoms with van der Waals surface area (Å²) in [5.74, 6) is 0.0165. The zero-order chi connectivity index (χ0) is 9.30. The van der Waals surface area contributed by atoms with Crippen molar-refractivity contribution < 1.29 is 14.9 Å². The van der Waals surface area contributed by atoms with Crippen LogP contribution < -0.4 is 0 Å². The molecule has 3 heteroatoms. The van der Waals surface area contributed by atoms with Gasteiger partial charge < -0.3 is 14.9 Å². The Bertz CT molecular complexity index is 144. The molecule has 0 spiro atoms. The summed E-state index contributed by atoms with van der Waals surface area (Å²) in [5.41, 5.74) is 0. The van der Waals surface area contributed by atoms with E-state index >= 15 is 0 Å². The van der Waals surface area contributed by atoms with Crippen molar-refractivity contribution in [3.63, 3.8) is 0 Å². The Labute approximate surface area is 73.4 Å². The average molecular weight is 174 g/mol. The molecule has 1 fully saturated rings. The van der Waals surface area contributed by atoms with Crippen LogP contribution in [0.25, 0.3) is 0 Å². The van der Waals surface area contributed by atoms with Crippen molar-refractivity contribution in [1.29, 1.82) is 0 Å². The van der Waals surface area contributed by atoms with E-state index in [9.17, 15) is 10.2 Å². The van der Waals surface area contributed by atoms with E-state index in [2.05, 4.69) is 0 Å². The van der Waals surface area contributed by atoms with E-state index in [0.717, 1.165) is 6.42 Å². The molecule has 0 aromatic carbocycles. The summed E-state index contributed by atoms with van der Waals surface area (Å²) >= 11 is 0. The summed E-state index contributed by atoms with van der Waals surface area (Å²) in [4.78, 5) is 0. The van der Waals surface area contributed by atoms with Gasteiger partial charge in [-0.15, -0.1) is 0 Å². The summed E-state index contributed by atoms with van der Waals surface area (Å²) in [7, 11) is 0. The molecule has 72 valence electrons. The van der Waals surface area contributed by atoms with Gasteiger partial charge in [0.05, 0.1) is 18.3 Å². The second-order valence-electron chi connectivity index (χ2n) is 3.63. The smallest absolute Gasteiger partial charge is 0.106 e. The number of aliphatic hydroxyl groups is 2. The summed E-state index contributed by atoms with van der Waals surface area (Å²) in [5, 5.41) is 19.1. The Hall–Kier alpha value is -0.120. The van der Waals surface area contributed by atoms with Gasteiger partial charge in [-0.3, -0.25) is 0 Å². The maximum atomic E-state index is 9.59. The lowest BCUT2D eigenvalue weighted by Crippen LogP contribution is -2.52. The van der Waals surface area contributed by atoms with E-state index in [4.69, 9.17) is 4.74 Å². The number of ether oxygens (including phenoxy) is 1. The van der Waals surface area contributed by atoms with Gasteiger partial charge in [0.1, 0.15) is 6.10 Å². The molecule has 0 radical (unpaired) electrons. The number of rotatable bonds is 1. The molecule has 1 aliphatic rings. The van der Waals surface area contributed by atoms with Crippen LogP contribution in [0, 0.1) is 5.92 Å². The van der Waals surface area contributed by atoms with E-state index in [1.165, 1.54) is 0 Å². The van der Waals surface area contributed by atoms with Crippen molar-refractivity contribution in [3.05, 3.63) is 0 Å². The normalized spacial score (nSPS) is 49.2. The molecule has 0 aromatic rings. The number of hydrogen-bond donors (Lipinski definition) is 2. The van der Waals surface area contributed by atoms with Crippen molar-refractivity contribution in [2.75, 3.05) is 0 Å². The van der Waals surface area contributed by atoms with E-state index < -0.39 is 12.2 Å². The average Bonchev–Trinajstić information content (AvgIpc) is 2.08. The standard InChI is InChI=1S/C9H18O3/c1-4-7-9(11)8(10)5(2)6(3)12-7/h5-11H,4H2,1-3H3/t5-,6+,7?,8?,9+/m0/s1. The van der Waals surface area contributed by atoms with Crippen LogP contribution in [0.2, 0.25) is 0 Å². The molecule has 2 N–H and O–H groups in total. The SMILES string of the molecule is CCC1O[C@H](C)[C@H](C)C(O)[C@@H]1O. The summed E-state index contributed by atoms with van der Waals surface area (Å²) in [6.45, 7) is 5.77. The molecule has 0 aromatic heterocycles. The molecule has 2 unspecified atom stereocenters. The molecule has 5 atom stereocenters. The lowest BCUT2D eigenvalue weighted by molar-refractivity contribution is -0.191. The Balaban J connectivity index is 2.63. The van der Waals surface area contributed by atoms with Crippen LogP contribution in [0.5, 0.6) is 0 Å². The van der Waals surface area contributed by atoms with E-state index in [0.29, 0.717) is 0 Å². The van der Waals surface area contributed by atoms with Gasteiger partial charge >= 0.3 is 0 Å². The predicted molar refractivity (Wildman–Crippen MR) is 45.8 cm³/mol. The van der Waals surface area contributed by atoms with E-state index in [1.54, 1.807) is 0 Å². The molecule has 12 heavy (non-hydrogen) atoms. The lowest BCUT2D eigenvalue weighted by atomic mass is 9.88. The largest absolute Gasteiger partial charge is 0.390 e. The molecule has 0 aliphatic carbocycles. The zero-order valence-corrected chi connectivity index (χ0v) is 7.90. The topological polar surface area (TPSA) is 49.7 Å². The summed E-state index contributed by atoms with van der Waals surface area (Å²) in [6, 6.07) is 0. The highest BCUT2D eigenvalue weighted by Gasteiger charge is 2.38. The van der Waals surface area contributed by atoms with Crippen molar-refractivity contribution in [2.24, 2.45) is 5.92 Å². The van der Waals surface area contributed by atoms with Gasteiger partial charge in [0.2, 0.25) is 0 Å². The Kier molecular flexibility index (Phi) is 3.09. The second kappa shape index (κ2) is 3.73. The lowest BCUT2D eigenvalue weighted by Gasteiger charge is -2.40. The highest BCUT2D eigenvalue weighted by Crippen LogP contribution is 2.26. The van der Waals surface area contributed by atoms with Crippen LogP contribution >= 0.6 is 0 Å². The maximum Gasteiger partial charge on any atom is 0.106 e. The monoisotopic (exact) mass is 174 g/mol. The first-order valence-corrected chi connectivity index (χ1v) is 4.59. The Morgan fingerprint density at radius 2 is 1.75 bits per heavy atom. The highest BCUT2D eigenvalue weighted by molar-refractivity contribution is 4.87. The first-order chi connectivity index (χ1) is 5.57. The minimum Gasteiger partial charge on any atom is -0.390 e. The molecule has 0 saturated carbocycles. The fourth-order valence-electron chi connectivity index (χ4n) is 1.63. The van der Waals surface area contributed by atoms with Gasteiger partial charge in [-0.1, -0.05) is 13.8 Å². The number of aliphatic hydroxyl groups excluding tert-OH is 2. The fourth-order valence-corrected chi connectivity index (χ4v) is 1.63. The summed E-state index contributed by atoms with van der Waals surface area (Å²) in [6.07, 6.45) is -0.783. The molecule has 1 rings (SSSR count). The number of hydrogen-bond acceptors (Lipinski definition) is 3. The van der Waals surface area contributed by atoms with Crippen molar-refractivity contribution in [3.8, 4) is 0 Å². The molecule has 1 heterocycles. The Morgan fingerprint density at radius 1 is 1.17 bits per heavy atom. The third-order valence-corrected chi connectivity index (χ3v) is 2.80. The molecular formula is C9H18O3. The van der Waals surface area contributed by atoms with Crippen LogP contribution in [-0.4, -0.2) is 34.6 Å². The molecule has 3 nitrogen and oxygen atoms in total. The third kappa shape index (κ3) is 1.63. The van der Waals surface area contributed by atoms with Gasteiger partial charge in [0.25, 0.3) is 0 Å². The van der Waals surface area contributed by atoms with Gasteiger partial charge in [-0.2, -0.15) is 0 Å².